The average molecular weight is 423 g/mol. The molecule has 1 aromatic heterocycles. The Morgan fingerprint density at radius 2 is 1.83 bits per heavy atom. The highest BCUT2D eigenvalue weighted by molar-refractivity contribution is 7.09. The Morgan fingerprint density at radius 1 is 1.10 bits per heavy atom. The van der Waals surface area contributed by atoms with Gasteiger partial charge in [-0.25, -0.2) is 4.98 Å². The van der Waals surface area contributed by atoms with Gasteiger partial charge in [-0.3, -0.25) is 4.99 Å². The lowest BCUT2D eigenvalue weighted by atomic mass is 10.1. The van der Waals surface area contributed by atoms with E-state index in [4.69, 9.17) is 4.99 Å². The van der Waals surface area contributed by atoms with E-state index in [-0.39, 0.29) is 0 Å². The van der Waals surface area contributed by atoms with Crippen molar-refractivity contribution in [3.05, 3.63) is 5.82 Å². The van der Waals surface area contributed by atoms with Crippen LogP contribution >= 0.6 is 11.5 Å². The van der Waals surface area contributed by atoms with Crippen molar-refractivity contribution in [3.8, 4) is 0 Å². The molecule has 2 fully saturated rings. The van der Waals surface area contributed by atoms with E-state index >= 15 is 0 Å². The summed E-state index contributed by atoms with van der Waals surface area (Å²) in [5.74, 6) is 2.59. The van der Waals surface area contributed by atoms with Gasteiger partial charge in [-0.05, 0) is 19.9 Å². The molecule has 8 nitrogen and oxygen atoms in total. The van der Waals surface area contributed by atoms with Crippen LogP contribution in [0.2, 0.25) is 0 Å². The largest absolute Gasteiger partial charge is 0.357 e. The van der Waals surface area contributed by atoms with E-state index in [2.05, 4.69) is 62.1 Å². The monoisotopic (exact) mass is 422 g/mol. The number of hydrogen-bond acceptors (Lipinski definition) is 7. The number of rotatable bonds is 7. The first kappa shape index (κ1) is 22.2. The average Bonchev–Trinajstić information content (AvgIpc) is 3.22. The highest BCUT2D eigenvalue weighted by atomic mass is 32.1. The lowest BCUT2D eigenvalue weighted by molar-refractivity contribution is 0.140. The van der Waals surface area contributed by atoms with Gasteiger partial charge in [0.25, 0.3) is 0 Å². The van der Waals surface area contributed by atoms with Crippen molar-refractivity contribution < 1.29 is 0 Å². The number of guanidine groups is 1. The van der Waals surface area contributed by atoms with Crippen LogP contribution in [0.15, 0.2) is 4.99 Å². The van der Waals surface area contributed by atoms with E-state index in [1.807, 2.05) is 0 Å². The summed E-state index contributed by atoms with van der Waals surface area (Å²) in [4.78, 5) is 19.4. The van der Waals surface area contributed by atoms with E-state index in [0.717, 1.165) is 69.1 Å². The first-order valence-electron chi connectivity index (χ1n) is 11.1. The first-order chi connectivity index (χ1) is 14.1. The van der Waals surface area contributed by atoms with Crippen molar-refractivity contribution in [2.24, 2.45) is 10.9 Å². The molecule has 2 saturated heterocycles. The normalized spacial score (nSPS) is 20.9. The summed E-state index contributed by atoms with van der Waals surface area (Å²) in [6.45, 7) is 18.1. The molecule has 3 heterocycles. The fourth-order valence-corrected chi connectivity index (χ4v) is 4.62. The van der Waals surface area contributed by atoms with Crippen molar-refractivity contribution >= 4 is 22.6 Å². The molecular formula is C20H38N8S. The van der Waals surface area contributed by atoms with Crippen LogP contribution in [-0.4, -0.2) is 109 Å². The maximum absolute atomic E-state index is 4.98. The van der Waals surface area contributed by atoms with Gasteiger partial charge in [-0.2, -0.15) is 4.37 Å². The number of anilines is 1. The second-order valence-corrected chi connectivity index (χ2v) is 8.95. The Labute approximate surface area is 180 Å². The highest BCUT2D eigenvalue weighted by Gasteiger charge is 2.22. The second kappa shape index (κ2) is 11.1. The topological polar surface area (TPSA) is 63.1 Å². The third-order valence-corrected chi connectivity index (χ3v) is 6.49. The van der Waals surface area contributed by atoms with Crippen LogP contribution in [0.4, 0.5) is 5.13 Å². The van der Waals surface area contributed by atoms with Crippen LogP contribution in [0.25, 0.3) is 0 Å². The number of aryl methyl sites for hydroxylation is 1. The van der Waals surface area contributed by atoms with Gasteiger partial charge in [0.15, 0.2) is 5.96 Å². The minimum atomic E-state index is 0.571. The molecule has 0 amide bonds. The molecule has 29 heavy (non-hydrogen) atoms. The van der Waals surface area contributed by atoms with Crippen LogP contribution in [0.1, 0.15) is 26.6 Å². The fourth-order valence-electron chi connectivity index (χ4n) is 3.82. The summed E-state index contributed by atoms with van der Waals surface area (Å²) in [6, 6.07) is 0. The molecule has 1 N–H and O–H groups in total. The lowest BCUT2D eigenvalue weighted by Crippen LogP contribution is -2.52. The minimum absolute atomic E-state index is 0.571. The molecule has 0 bridgehead atoms. The van der Waals surface area contributed by atoms with E-state index in [1.54, 1.807) is 0 Å². The Balaban J connectivity index is 1.48. The number of piperazine rings is 2. The molecule has 2 aliphatic heterocycles. The van der Waals surface area contributed by atoms with Gasteiger partial charge >= 0.3 is 0 Å². The van der Waals surface area contributed by atoms with Crippen molar-refractivity contribution in [3.63, 3.8) is 0 Å². The van der Waals surface area contributed by atoms with E-state index in [1.165, 1.54) is 37.7 Å². The molecule has 2 aliphatic rings. The summed E-state index contributed by atoms with van der Waals surface area (Å²) < 4.78 is 4.43. The molecule has 1 unspecified atom stereocenters. The van der Waals surface area contributed by atoms with Crippen molar-refractivity contribution in [2.75, 3.05) is 83.9 Å². The number of nitrogens with zero attached hydrogens (tertiary/aromatic N) is 7. The van der Waals surface area contributed by atoms with Gasteiger partial charge in [-0.15, -0.1) is 0 Å². The third-order valence-electron chi connectivity index (χ3n) is 5.68. The molecule has 1 aromatic rings. The Hall–Kier alpha value is -1.45. The van der Waals surface area contributed by atoms with E-state index in [0.29, 0.717) is 5.92 Å². The van der Waals surface area contributed by atoms with Crippen LogP contribution in [0, 0.1) is 5.92 Å². The van der Waals surface area contributed by atoms with Crippen molar-refractivity contribution in [1.82, 2.24) is 29.4 Å². The second-order valence-electron chi connectivity index (χ2n) is 8.22. The molecule has 9 heteroatoms. The zero-order chi connectivity index (χ0) is 20.6. The Bertz CT molecular complexity index is 632. The maximum atomic E-state index is 4.98. The Morgan fingerprint density at radius 3 is 2.45 bits per heavy atom. The molecule has 1 atom stereocenters. The van der Waals surface area contributed by atoms with Gasteiger partial charge in [-0.1, -0.05) is 13.8 Å². The van der Waals surface area contributed by atoms with E-state index < -0.39 is 0 Å². The SMILES string of the molecule is CCNC(=NCC(C)CN1CCN(C)CC1)N1CCN(c2nc(CC)ns2)CC1. The number of aliphatic imine (C=N–C) groups is 1. The summed E-state index contributed by atoms with van der Waals surface area (Å²) in [5, 5.41) is 4.56. The van der Waals surface area contributed by atoms with Gasteiger partial charge in [0.05, 0.1) is 0 Å². The molecular weight excluding hydrogens is 384 g/mol. The molecule has 3 rings (SSSR count). The highest BCUT2D eigenvalue weighted by Crippen LogP contribution is 2.19. The van der Waals surface area contributed by atoms with Gasteiger partial charge in [0, 0.05) is 89.9 Å². The maximum Gasteiger partial charge on any atom is 0.205 e. The predicted octanol–water partition coefficient (Wildman–Crippen LogP) is 1.07. The van der Waals surface area contributed by atoms with Crippen LogP contribution in [-0.2, 0) is 6.42 Å². The zero-order valence-corrected chi connectivity index (χ0v) is 19.4. The van der Waals surface area contributed by atoms with Crippen LogP contribution < -0.4 is 10.2 Å². The smallest absolute Gasteiger partial charge is 0.205 e. The van der Waals surface area contributed by atoms with Crippen LogP contribution in [0.3, 0.4) is 0 Å². The quantitative estimate of drug-likeness (QED) is 0.521. The summed E-state index contributed by atoms with van der Waals surface area (Å²) >= 11 is 1.52. The molecule has 0 aromatic carbocycles. The van der Waals surface area contributed by atoms with Gasteiger partial charge in [0.1, 0.15) is 5.82 Å². The molecule has 0 aliphatic carbocycles. The number of likely N-dealkylation sites (N-methyl/N-ethyl adjacent to an activating group) is 1. The number of nitrogens with one attached hydrogen (secondary N) is 1. The van der Waals surface area contributed by atoms with Gasteiger partial charge < -0.3 is 24.9 Å². The lowest BCUT2D eigenvalue weighted by Gasteiger charge is -2.36. The molecule has 0 spiro atoms. The fraction of sp³-hybridized carbons (Fsp3) is 0.850. The third kappa shape index (κ3) is 6.52. The number of hydrogen-bond donors (Lipinski definition) is 1. The van der Waals surface area contributed by atoms with Gasteiger partial charge in [0.2, 0.25) is 5.13 Å². The molecule has 0 radical (unpaired) electrons. The standard InChI is InChI=1S/C20H38N8S/c1-5-18-23-20(29-24-18)28-13-11-27(12-14-28)19(21-6-2)22-15-17(3)16-26-9-7-25(4)8-10-26/h17H,5-16H2,1-4H3,(H,21,22). The van der Waals surface area contributed by atoms with E-state index in [9.17, 15) is 0 Å². The minimum Gasteiger partial charge on any atom is -0.357 e. The van der Waals surface area contributed by atoms with Crippen molar-refractivity contribution in [1.29, 1.82) is 0 Å². The van der Waals surface area contributed by atoms with Crippen molar-refractivity contribution in [2.45, 2.75) is 27.2 Å². The summed E-state index contributed by atoms with van der Waals surface area (Å²) in [7, 11) is 2.21. The predicted molar refractivity (Wildman–Crippen MR) is 122 cm³/mol. The summed E-state index contributed by atoms with van der Waals surface area (Å²) in [5.41, 5.74) is 0. The number of aromatic nitrogens is 2. The Kier molecular flexibility index (Phi) is 8.50. The zero-order valence-electron chi connectivity index (χ0n) is 18.6. The molecule has 164 valence electrons. The summed E-state index contributed by atoms with van der Waals surface area (Å²) in [6.07, 6.45) is 0.903. The molecule has 0 saturated carbocycles. The first-order valence-corrected chi connectivity index (χ1v) is 11.9. The van der Waals surface area contributed by atoms with Crippen LogP contribution in [0.5, 0.6) is 0 Å².